The Morgan fingerprint density at radius 2 is 2.11 bits per heavy atom. The van der Waals surface area contributed by atoms with Crippen molar-refractivity contribution in [3.8, 4) is 22.9 Å². The van der Waals surface area contributed by atoms with Gasteiger partial charge in [0.05, 0.1) is 35.0 Å². The van der Waals surface area contributed by atoms with Gasteiger partial charge < -0.3 is 14.3 Å². The largest absolute Gasteiger partial charge is 0.505 e. The van der Waals surface area contributed by atoms with Crippen molar-refractivity contribution in [2.45, 2.75) is 31.7 Å². The fourth-order valence-corrected chi connectivity index (χ4v) is 5.93. The summed E-state index contributed by atoms with van der Waals surface area (Å²) in [5.74, 6) is 1.40. The average Bonchev–Trinajstić information content (AvgIpc) is 3.45. The van der Waals surface area contributed by atoms with E-state index in [9.17, 15) is 18.7 Å². The minimum absolute atomic E-state index is 0.00187. The lowest BCUT2D eigenvalue weighted by molar-refractivity contribution is 0.153. The minimum atomic E-state index is -2.91. The van der Waals surface area contributed by atoms with E-state index in [4.69, 9.17) is 25.7 Å². The van der Waals surface area contributed by atoms with Crippen molar-refractivity contribution in [3.05, 3.63) is 69.1 Å². The molecule has 6 rings (SSSR count). The number of oxazole rings is 1. The first-order valence-electron chi connectivity index (χ1n) is 11.1. The Bertz CT molecular complexity index is 1690. The third-order valence-electron chi connectivity index (χ3n) is 6.37. The Balaban J connectivity index is 1.72. The van der Waals surface area contributed by atoms with E-state index in [1.807, 2.05) is 12.1 Å². The lowest BCUT2D eigenvalue weighted by Gasteiger charge is -2.16. The molecule has 36 heavy (non-hydrogen) atoms. The predicted molar refractivity (Wildman–Crippen MR) is 133 cm³/mol. The van der Waals surface area contributed by atoms with Crippen LogP contribution in [-0.2, 0) is 6.54 Å². The summed E-state index contributed by atoms with van der Waals surface area (Å²) in [4.78, 5) is 23.0. The zero-order chi connectivity index (χ0) is 25.1. The molecule has 1 aliphatic rings. The smallest absolute Gasteiger partial charge is 0.264 e. The van der Waals surface area contributed by atoms with Crippen LogP contribution in [0.25, 0.3) is 31.7 Å². The number of phenolic OH excluding ortho intramolecular Hbond substituents is 1. The first kappa shape index (κ1) is 22.9. The van der Waals surface area contributed by atoms with Gasteiger partial charge in [-0.05, 0) is 48.6 Å². The molecule has 0 amide bonds. The second-order valence-electron chi connectivity index (χ2n) is 8.61. The summed E-state index contributed by atoms with van der Waals surface area (Å²) in [6, 6.07) is 6.58. The van der Waals surface area contributed by atoms with Crippen LogP contribution in [0.2, 0.25) is 5.02 Å². The van der Waals surface area contributed by atoms with Gasteiger partial charge >= 0.3 is 0 Å². The van der Waals surface area contributed by atoms with E-state index in [0.717, 1.165) is 41.4 Å². The van der Waals surface area contributed by atoms with Crippen LogP contribution < -0.4 is 10.3 Å². The number of nitrogens with zero attached hydrogens (tertiary/aromatic N) is 3. The predicted octanol–water partition coefficient (Wildman–Crippen LogP) is 6.50. The van der Waals surface area contributed by atoms with E-state index in [2.05, 4.69) is 4.98 Å². The number of halogens is 3. The van der Waals surface area contributed by atoms with Gasteiger partial charge in [-0.25, -0.2) is 18.7 Å². The number of fused-ring (bicyclic) bond motifs is 3. The van der Waals surface area contributed by atoms with Crippen molar-refractivity contribution in [2.24, 2.45) is 0 Å². The number of phenols is 1. The molecule has 0 unspecified atom stereocenters. The maximum Gasteiger partial charge on any atom is 0.264 e. The number of rotatable bonds is 6. The van der Waals surface area contributed by atoms with Crippen LogP contribution in [0.4, 0.5) is 8.78 Å². The van der Waals surface area contributed by atoms with Gasteiger partial charge in [-0.15, -0.1) is 11.3 Å². The summed E-state index contributed by atoms with van der Waals surface area (Å²) in [5, 5.41) is 10.3. The van der Waals surface area contributed by atoms with E-state index in [1.165, 1.54) is 17.2 Å². The Morgan fingerprint density at radius 1 is 1.31 bits per heavy atom. The summed E-state index contributed by atoms with van der Waals surface area (Å²) in [6.45, 7) is -0.00579. The van der Waals surface area contributed by atoms with E-state index >= 15 is 0 Å². The number of alkyl halides is 2. The first-order chi connectivity index (χ1) is 17.4. The molecular formula is C25H18ClF2N3O4S. The van der Waals surface area contributed by atoms with Crippen molar-refractivity contribution in [1.29, 1.82) is 0 Å². The van der Waals surface area contributed by atoms with Gasteiger partial charge in [0.2, 0.25) is 0 Å². The van der Waals surface area contributed by atoms with Gasteiger partial charge in [0, 0.05) is 16.5 Å². The molecule has 0 atom stereocenters. The first-order valence-corrected chi connectivity index (χ1v) is 12.3. The highest BCUT2D eigenvalue weighted by molar-refractivity contribution is 7.25. The van der Waals surface area contributed by atoms with Gasteiger partial charge in [0.1, 0.15) is 22.2 Å². The van der Waals surface area contributed by atoms with Gasteiger partial charge in [0.25, 0.3) is 12.0 Å². The zero-order valence-corrected chi connectivity index (χ0v) is 20.4. The van der Waals surface area contributed by atoms with Crippen molar-refractivity contribution >= 4 is 43.2 Å². The molecule has 0 saturated heterocycles. The van der Waals surface area contributed by atoms with E-state index in [-0.39, 0.29) is 37.6 Å². The van der Waals surface area contributed by atoms with E-state index in [0.29, 0.717) is 23.3 Å². The summed E-state index contributed by atoms with van der Waals surface area (Å²) in [6.07, 6.45) is 1.83. The van der Waals surface area contributed by atoms with Crippen molar-refractivity contribution in [2.75, 3.05) is 7.11 Å². The van der Waals surface area contributed by atoms with Crippen molar-refractivity contribution in [3.63, 3.8) is 0 Å². The number of ether oxygens (including phenoxy) is 1. The zero-order valence-electron chi connectivity index (χ0n) is 18.8. The molecule has 11 heteroatoms. The van der Waals surface area contributed by atoms with Crippen LogP contribution in [0.3, 0.4) is 0 Å². The van der Waals surface area contributed by atoms with Gasteiger partial charge in [0.15, 0.2) is 12.1 Å². The Hall–Kier alpha value is -3.50. The van der Waals surface area contributed by atoms with Crippen molar-refractivity contribution in [1.82, 2.24) is 14.5 Å². The molecule has 0 bridgehead atoms. The second-order valence-corrected chi connectivity index (χ2v) is 10.0. The van der Waals surface area contributed by atoms with Crippen LogP contribution >= 0.6 is 22.9 Å². The third-order valence-corrected chi connectivity index (χ3v) is 7.75. The molecule has 0 aliphatic heterocycles. The van der Waals surface area contributed by atoms with Crippen LogP contribution in [0.5, 0.6) is 11.5 Å². The average molecular weight is 530 g/mol. The molecule has 1 saturated carbocycles. The molecule has 2 aromatic carbocycles. The fraction of sp³-hybridized carbons (Fsp3) is 0.240. The lowest BCUT2D eigenvalue weighted by atomic mass is 10.0. The quantitative estimate of drug-likeness (QED) is 0.270. The van der Waals surface area contributed by atoms with Crippen LogP contribution in [0, 0.1) is 0 Å². The molecule has 3 aromatic heterocycles. The lowest BCUT2D eigenvalue weighted by Crippen LogP contribution is -2.24. The molecule has 1 N–H and O–H groups in total. The Labute approximate surface area is 211 Å². The van der Waals surface area contributed by atoms with E-state index < -0.39 is 17.5 Å². The number of aromatic hydroxyl groups is 1. The van der Waals surface area contributed by atoms with Crippen LogP contribution in [0.15, 0.2) is 46.1 Å². The highest BCUT2D eigenvalue weighted by Crippen LogP contribution is 2.48. The van der Waals surface area contributed by atoms with Gasteiger partial charge in [-0.2, -0.15) is 0 Å². The number of aromatic nitrogens is 3. The number of hydrogen-bond donors (Lipinski definition) is 1. The highest BCUT2D eigenvalue weighted by atomic mass is 35.5. The molecule has 5 aromatic rings. The molecule has 1 fully saturated rings. The van der Waals surface area contributed by atoms with E-state index in [1.54, 1.807) is 13.2 Å². The minimum Gasteiger partial charge on any atom is -0.505 e. The number of hydrogen-bond acceptors (Lipinski definition) is 7. The standard InChI is InChI=1S/C25H18ClF2N3O4S/c1-34-12-4-5-14(15(6-12)11-2-3-11)23-30-24-19(25(33)31(23)9-13-8-29-10-35-13)18-16(22(27)28)7-17(26)20(32)21(18)36-24/h4-8,10-11,22,32H,2-3,9H2,1H3. The summed E-state index contributed by atoms with van der Waals surface area (Å²) in [5.41, 5.74) is 0.775. The Kier molecular flexibility index (Phi) is 5.45. The third kappa shape index (κ3) is 3.63. The topological polar surface area (TPSA) is 90.4 Å². The number of benzene rings is 2. The molecule has 3 heterocycles. The maximum atomic E-state index is 14.0. The normalized spacial score (nSPS) is 13.8. The van der Waals surface area contributed by atoms with Gasteiger partial charge in [-0.1, -0.05) is 11.6 Å². The molecule has 7 nitrogen and oxygen atoms in total. The number of thiophene rings is 1. The van der Waals surface area contributed by atoms with Crippen LogP contribution in [0.1, 0.15) is 42.1 Å². The Morgan fingerprint density at radius 3 is 2.78 bits per heavy atom. The molecule has 0 radical (unpaired) electrons. The summed E-state index contributed by atoms with van der Waals surface area (Å²) < 4.78 is 40.3. The molecule has 184 valence electrons. The molecule has 0 spiro atoms. The summed E-state index contributed by atoms with van der Waals surface area (Å²) >= 11 is 7.00. The van der Waals surface area contributed by atoms with Gasteiger partial charge in [-0.3, -0.25) is 9.36 Å². The monoisotopic (exact) mass is 529 g/mol. The molecule has 1 aliphatic carbocycles. The number of methoxy groups -OCH3 is 1. The van der Waals surface area contributed by atoms with Crippen LogP contribution in [-0.4, -0.2) is 26.8 Å². The SMILES string of the molecule is COc1ccc(-c2nc3sc4c(O)c(Cl)cc(C(F)F)c4c3c(=O)n2Cc2cnco2)c(C2CC2)c1. The summed E-state index contributed by atoms with van der Waals surface area (Å²) in [7, 11) is 1.59. The van der Waals surface area contributed by atoms with Crippen molar-refractivity contribution < 1.29 is 23.0 Å². The highest BCUT2D eigenvalue weighted by Gasteiger charge is 2.30. The second kappa shape index (κ2) is 8.56. The maximum absolute atomic E-state index is 14.0. The molecular weight excluding hydrogens is 512 g/mol. The fourth-order valence-electron chi connectivity index (χ4n) is 4.52.